The molecule has 3 heteroatoms. The van der Waals surface area contributed by atoms with E-state index >= 15 is 0 Å². The average molecular weight is 193 g/mol. The molecule has 0 aliphatic heterocycles. The highest BCUT2D eigenvalue weighted by Crippen LogP contribution is 2.14. The molecule has 1 rings (SSSR count). The third-order valence-corrected chi connectivity index (χ3v) is 2.46. The van der Waals surface area contributed by atoms with E-state index in [-0.39, 0.29) is 0 Å². The summed E-state index contributed by atoms with van der Waals surface area (Å²) < 4.78 is 0. The second-order valence-electron chi connectivity index (χ2n) is 3.40. The predicted octanol–water partition coefficient (Wildman–Crippen LogP) is 1.29. The largest absolute Gasteiger partial charge is 0.318 e. The molecule has 3 nitrogen and oxygen atoms in total. The van der Waals surface area contributed by atoms with Gasteiger partial charge < -0.3 is 5.32 Å². The molecule has 0 radical (unpaired) electrons. The second kappa shape index (κ2) is 5.73. The van der Waals surface area contributed by atoms with Crippen LogP contribution in [0.15, 0.2) is 24.4 Å². The van der Waals surface area contributed by atoms with Gasteiger partial charge in [0.15, 0.2) is 0 Å². The van der Waals surface area contributed by atoms with Crippen LogP contribution in [0.1, 0.15) is 18.7 Å². The molecule has 78 valence electrons. The van der Waals surface area contributed by atoms with Crippen molar-refractivity contribution in [3.05, 3.63) is 30.1 Å². The highest BCUT2D eigenvalue weighted by molar-refractivity contribution is 5.09. The maximum Gasteiger partial charge on any atom is 0.0644 e. The van der Waals surface area contributed by atoms with E-state index in [2.05, 4.69) is 35.2 Å². The quantitative estimate of drug-likeness (QED) is 0.764. The Balaban J connectivity index is 2.77. The standard InChI is InChI=1S/C11H19N3/c1-4-14(3)11(9-12-2)10-7-5-6-8-13-10/h5-8,11-12H,4,9H2,1-3H3. The molecule has 0 bridgehead atoms. The van der Waals surface area contributed by atoms with Gasteiger partial charge in [-0.15, -0.1) is 0 Å². The minimum Gasteiger partial charge on any atom is -0.318 e. The molecule has 1 aromatic rings. The number of nitrogens with zero attached hydrogens (tertiary/aromatic N) is 2. The molecule has 0 saturated carbocycles. The Hall–Kier alpha value is -0.930. The first-order valence-electron chi connectivity index (χ1n) is 5.05. The van der Waals surface area contributed by atoms with Crippen molar-refractivity contribution >= 4 is 0 Å². The Labute approximate surface area is 86.2 Å². The number of pyridine rings is 1. The zero-order chi connectivity index (χ0) is 10.4. The highest BCUT2D eigenvalue weighted by Gasteiger charge is 2.15. The van der Waals surface area contributed by atoms with Gasteiger partial charge in [0, 0.05) is 12.7 Å². The number of hydrogen-bond acceptors (Lipinski definition) is 3. The van der Waals surface area contributed by atoms with E-state index in [4.69, 9.17) is 0 Å². The van der Waals surface area contributed by atoms with Crippen molar-refractivity contribution in [2.45, 2.75) is 13.0 Å². The number of hydrogen-bond donors (Lipinski definition) is 1. The molecule has 0 spiro atoms. The lowest BCUT2D eigenvalue weighted by Gasteiger charge is -2.26. The SMILES string of the molecule is CCN(C)C(CNC)c1ccccn1. The third-order valence-electron chi connectivity index (χ3n) is 2.46. The lowest BCUT2D eigenvalue weighted by Crippen LogP contribution is -2.32. The smallest absolute Gasteiger partial charge is 0.0644 e. The van der Waals surface area contributed by atoms with E-state index in [1.807, 2.05) is 25.4 Å². The number of aromatic nitrogens is 1. The normalized spacial score (nSPS) is 13.1. The van der Waals surface area contributed by atoms with Gasteiger partial charge in [-0.2, -0.15) is 0 Å². The molecule has 0 saturated heterocycles. The van der Waals surface area contributed by atoms with Crippen LogP contribution in [0.25, 0.3) is 0 Å². The first-order valence-corrected chi connectivity index (χ1v) is 5.05. The summed E-state index contributed by atoms with van der Waals surface area (Å²) in [5.74, 6) is 0. The minimum atomic E-state index is 0.367. The van der Waals surface area contributed by atoms with Crippen molar-refractivity contribution in [1.29, 1.82) is 0 Å². The van der Waals surface area contributed by atoms with Crippen molar-refractivity contribution < 1.29 is 0 Å². The van der Waals surface area contributed by atoms with Crippen LogP contribution in [-0.2, 0) is 0 Å². The van der Waals surface area contributed by atoms with Gasteiger partial charge in [0.25, 0.3) is 0 Å². The molecule has 1 aromatic heterocycles. The van der Waals surface area contributed by atoms with Crippen molar-refractivity contribution in [3.63, 3.8) is 0 Å². The van der Waals surface area contributed by atoms with Gasteiger partial charge in [0.2, 0.25) is 0 Å². The summed E-state index contributed by atoms with van der Waals surface area (Å²) in [6.45, 7) is 4.12. The molecule has 0 aliphatic carbocycles. The molecule has 0 aliphatic rings. The molecule has 0 amide bonds. The van der Waals surface area contributed by atoms with Crippen LogP contribution < -0.4 is 5.32 Å². The maximum absolute atomic E-state index is 4.39. The highest BCUT2D eigenvalue weighted by atomic mass is 15.2. The second-order valence-corrected chi connectivity index (χ2v) is 3.40. The number of likely N-dealkylation sites (N-methyl/N-ethyl adjacent to an activating group) is 2. The molecule has 0 aromatic carbocycles. The van der Waals surface area contributed by atoms with E-state index in [0.717, 1.165) is 18.8 Å². The fourth-order valence-corrected chi connectivity index (χ4v) is 1.47. The summed E-state index contributed by atoms with van der Waals surface area (Å²) in [4.78, 5) is 6.68. The van der Waals surface area contributed by atoms with Crippen molar-refractivity contribution in [1.82, 2.24) is 15.2 Å². The van der Waals surface area contributed by atoms with Crippen LogP contribution in [0, 0.1) is 0 Å². The number of rotatable bonds is 5. The number of nitrogens with one attached hydrogen (secondary N) is 1. The van der Waals surface area contributed by atoms with Crippen LogP contribution in [0.5, 0.6) is 0 Å². The monoisotopic (exact) mass is 193 g/mol. The Morgan fingerprint density at radius 3 is 2.79 bits per heavy atom. The summed E-state index contributed by atoms with van der Waals surface area (Å²) in [5.41, 5.74) is 1.13. The first-order chi connectivity index (χ1) is 6.79. The van der Waals surface area contributed by atoms with E-state index in [0.29, 0.717) is 6.04 Å². The summed E-state index contributed by atoms with van der Waals surface area (Å²) >= 11 is 0. The van der Waals surface area contributed by atoms with Gasteiger partial charge in [0.05, 0.1) is 11.7 Å². The van der Waals surface area contributed by atoms with E-state index in [1.165, 1.54) is 0 Å². The Kier molecular flexibility index (Phi) is 4.56. The molecule has 14 heavy (non-hydrogen) atoms. The minimum absolute atomic E-state index is 0.367. The Bertz CT molecular complexity index is 248. The van der Waals surface area contributed by atoms with E-state index in [1.54, 1.807) is 0 Å². The van der Waals surface area contributed by atoms with E-state index < -0.39 is 0 Å². The molecule has 0 fully saturated rings. The molecule has 1 unspecified atom stereocenters. The van der Waals surface area contributed by atoms with Gasteiger partial charge in [-0.1, -0.05) is 13.0 Å². The van der Waals surface area contributed by atoms with Gasteiger partial charge in [-0.05, 0) is 32.8 Å². The third kappa shape index (κ3) is 2.79. The fourth-order valence-electron chi connectivity index (χ4n) is 1.47. The van der Waals surface area contributed by atoms with Crippen LogP contribution >= 0.6 is 0 Å². The Morgan fingerprint density at radius 1 is 1.50 bits per heavy atom. The summed E-state index contributed by atoms with van der Waals surface area (Å²) in [5, 5.41) is 3.20. The summed E-state index contributed by atoms with van der Waals surface area (Å²) in [6.07, 6.45) is 1.85. The molecule has 1 atom stereocenters. The molecule has 1 N–H and O–H groups in total. The zero-order valence-electron chi connectivity index (χ0n) is 9.20. The van der Waals surface area contributed by atoms with Crippen LogP contribution in [-0.4, -0.2) is 37.1 Å². The van der Waals surface area contributed by atoms with Gasteiger partial charge in [0.1, 0.15) is 0 Å². The summed E-state index contributed by atoms with van der Waals surface area (Å²) in [7, 11) is 4.09. The van der Waals surface area contributed by atoms with Gasteiger partial charge >= 0.3 is 0 Å². The van der Waals surface area contributed by atoms with Crippen LogP contribution in [0.2, 0.25) is 0 Å². The maximum atomic E-state index is 4.39. The van der Waals surface area contributed by atoms with Crippen LogP contribution in [0.4, 0.5) is 0 Å². The van der Waals surface area contributed by atoms with E-state index in [9.17, 15) is 0 Å². The fraction of sp³-hybridized carbons (Fsp3) is 0.545. The first kappa shape index (κ1) is 11.1. The molecular weight excluding hydrogens is 174 g/mol. The lowest BCUT2D eigenvalue weighted by atomic mass is 10.1. The van der Waals surface area contributed by atoms with Gasteiger partial charge in [-0.3, -0.25) is 9.88 Å². The lowest BCUT2D eigenvalue weighted by molar-refractivity contribution is 0.249. The van der Waals surface area contributed by atoms with Crippen molar-refractivity contribution in [3.8, 4) is 0 Å². The predicted molar refractivity (Wildman–Crippen MR) is 59.2 cm³/mol. The molecular formula is C11H19N3. The summed E-state index contributed by atoms with van der Waals surface area (Å²) in [6, 6.07) is 6.43. The van der Waals surface area contributed by atoms with Crippen molar-refractivity contribution in [2.24, 2.45) is 0 Å². The molecule has 1 heterocycles. The zero-order valence-corrected chi connectivity index (χ0v) is 9.20. The topological polar surface area (TPSA) is 28.2 Å². The van der Waals surface area contributed by atoms with Gasteiger partial charge in [-0.25, -0.2) is 0 Å². The van der Waals surface area contributed by atoms with Crippen LogP contribution in [0.3, 0.4) is 0 Å². The average Bonchev–Trinajstić information content (AvgIpc) is 2.26. The van der Waals surface area contributed by atoms with Crippen molar-refractivity contribution in [2.75, 3.05) is 27.2 Å². The Morgan fingerprint density at radius 2 is 2.29 bits per heavy atom.